The SMILES string of the molecule is CC(OOC(C)(C)C)S(=O)(=O)O. The highest BCUT2D eigenvalue weighted by Gasteiger charge is 2.22. The van der Waals surface area contributed by atoms with Crippen LogP contribution in [0.15, 0.2) is 0 Å². The van der Waals surface area contributed by atoms with Crippen molar-refractivity contribution in [2.75, 3.05) is 0 Å². The van der Waals surface area contributed by atoms with Gasteiger partial charge in [0.15, 0.2) is 0 Å². The molecule has 0 fully saturated rings. The molecule has 0 aromatic rings. The van der Waals surface area contributed by atoms with Crippen LogP contribution in [0.4, 0.5) is 0 Å². The van der Waals surface area contributed by atoms with Crippen molar-refractivity contribution in [3.8, 4) is 0 Å². The average Bonchev–Trinajstić information content (AvgIpc) is 1.78. The second kappa shape index (κ2) is 3.69. The van der Waals surface area contributed by atoms with Crippen molar-refractivity contribution in [1.29, 1.82) is 0 Å². The van der Waals surface area contributed by atoms with Crippen LogP contribution in [-0.2, 0) is 19.9 Å². The normalized spacial score (nSPS) is 16.1. The number of rotatable bonds is 3. The second-order valence-electron chi connectivity index (χ2n) is 3.37. The molecule has 12 heavy (non-hydrogen) atoms. The van der Waals surface area contributed by atoms with Gasteiger partial charge < -0.3 is 0 Å². The average molecular weight is 198 g/mol. The van der Waals surface area contributed by atoms with Gasteiger partial charge in [-0.25, -0.2) is 9.78 Å². The topological polar surface area (TPSA) is 72.8 Å². The van der Waals surface area contributed by atoms with Crippen molar-refractivity contribution >= 4 is 10.1 Å². The van der Waals surface area contributed by atoms with Crippen LogP contribution in [0.1, 0.15) is 27.7 Å². The maximum Gasteiger partial charge on any atom is 0.295 e. The van der Waals surface area contributed by atoms with Crippen molar-refractivity contribution < 1.29 is 22.7 Å². The Labute approximate surface area is 72.3 Å². The molecule has 1 atom stereocenters. The molecule has 0 heterocycles. The van der Waals surface area contributed by atoms with Crippen molar-refractivity contribution in [3.63, 3.8) is 0 Å². The molecule has 0 saturated heterocycles. The lowest BCUT2D eigenvalue weighted by atomic mass is 10.2. The van der Waals surface area contributed by atoms with Gasteiger partial charge in [0.25, 0.3) is 10.1 Å². The minimum atomic E-state index is -4.17. The molecule has 0 aliphatic heterocycles. The fourth-order valence-corrected chi connectivity index (χ4v) is 0.400. The van der Waals surface area contributed by atoms with Crippen LogP contribution in [0.3, 0.4) is 0 Å². The molecule has 0 spiro atoms. The summed E-state index contributed by atoms with van der Waals surface area (Å²) >= 11 is 0. The van der Waals surface area contributed by atoms with Gasteiger partial charge in [0, 0.05) is 0 Å². The molecular formula is C6H14O5S. The lowest BCUT2D eigenvalue weighted by Gasteiger charge is -2.19. The van der Waals surface area contributed by atoms with Gasteiger partial charge in [-0.05, 0) is 27.7 Å². The smallest absolute Gasteiger partial charge is 0.283 e. The highest BCUT2D eigenvalue weighted by molar-refractivity contribution is 7.86. The van der Waals surface area contributed by atoms with Crippen molar-refractivity contribution in [1.82, 2.24) is 0 Å². The summed E-state index contributed by atoms with van der Waals surface area (Å²) in [5.41, 5.74) is -1.96. The Hall–Kier alpha value is -0.170. The van der Waals surface area contributed by atoms with Crippen molar-refractivity contribution in [3.05, 3.63) is 0 Å². The summed E-state index contributed by atoms with van der Waals surface area (Å²) in [6.45, 7) is 6.28. The molecule has 5 nitrogen and oxygen atoms in total. The van der Waals surface area contributed by atoms with Crippen LogP contribution >= 0.6 is 0 Å². The number of hydrogen-bond donors (Lipinski definition) is 1. The van der Waals surface area contributed by atoms with Gasteiger partial charge in [-0.3, -0.25) is 4.55 Å². The molecule has 0 aliphatic rings. The van der Waals surface area contributed by atoms with Gasteiger partial charge in [-0.1, -0.05) is 0 Å². The largest absolute Gasteiger partial charge is 0.295 e. The van der Waals surface area contributed by atoms with Gasteiger partial charge in [-0.2, -0.15) is 8.42 Å². The summed E-state index contributed by atoms with van der Waals surface area (Å²) in [6, 6.07) is 0. The Bertz CT molecular complexity index is 225. The summed E-state index contributed by atoms with van der Waals surface area (Å²) in [5, 5.41) is 0. The van der Waals surface area contributed by atoms with Gasteiger partial charge in [0.1, 0.15) is 0 Å². The summed E-state index contributed by atoms with van der Waals surface area (Å²) < 4.78 is 29.2. The summed E-state index contributed by atoms with van der Waals surface area (Å²) in [4.78, 5) is 9.11. The molecule has 0 saturated carbocycles. The first-order valence-corrected chi connectivity index (χ1v) is 4.94. The first-order chi connectivity index (χ1) is 5.13. The van der Waals surface area contributed by atoms with Crippen molar-refractivity contribution in [2.24, 2.45) is 0 Å². The third-order valence-electron chi connectivity index (χ3n) is 0.853. The standard InChI is InChI=1S/C6H14O5S/c1-5(12(7,8)9)10-11-6(2,3)4/h5H,1-4H3,(H,7,8,9). The van der Waals surface area contributed by atoms with E-state index in [0.717, 1.165) is 0 Å². The first kappa shape index (κ1) is 11.8. The monoisotopic (exact) mass is 198 g/mol. The van der Waals surface area contributed by atoms with E-state index in [1.54, 1.807) is 20.8 Å². The van der Waals surface area contributed by atoms with Crippen LogP contribution in [0.5, 0.6) is 0 Å². The molecule has 0 aromatic carbocycles. The molecule has 0 rings (SSSR count). The zero-order chi connectivity index (χ0) is 9.99. The van der Waals surface area contributed by atoms with Gasteiger partial charge in [0.05, 0.1) is 5.60 Å². The Morgan fingerprint density at radius 2 is 1.75 bits per heavy atom. The molecule has 0 aromatic heterocycles. The van der Waals surface area contributed by atoms with E-state index in [4.69, 9.17) is 4.55 Å². The molecule has 0 radical (unpaired) electrons. The quantitative estimate of drug-likeness (QED) is 0.415. The molecule has 6 heteroatoms. The van der Waals surface area contributed by atoms with E-state index in [9.17, 15) is 8.42 Å². The highest BCUT2D eigenvalue weighted by Crippen LogP contribution is 2.10. The van der Waals surface area contributed by atoms with Gasteiger partial charge >= 0.3 is 0 Å². The number of hydrogen-bond acceptors (Lipinski definition) is 4. The van der Waals surface area contributed by atoms with Crippen LogP contribution in [0, 0.1) is 0 Å². The summed E-state index contributed by atoms with van der Waals surface area (Å²) in [5.74, 6) is 0. The summed E-state index contributed by atoms with van der Waals surface area (Å²) in [7, 11) is -4.17. The first-order valence-electron chi connectivity index (χ1n) is 3.44. The van der Waals surface area contributed by atoms with E-state index in [1.807, 2.05) is 0 Å². The Morgan fingerprint density at radius 3 is 2.00 bits per heavy atom. The maximum absolute atomic E-state index is 10.4. The van der Waals surface area contributed by atoms with Gasteiger partial charge in [0.2, 0.25) is 5.44 Å². The molecular weight excluding hydrogens is 184 g/mol. The molecule has 0 aliphatic carbocycles. The Kier molecular flexibility index (Phi) is 3.64. The van der Waals surface area contributed by atoms with Gasteiger partial charge in [-0.15, -0.1) is 0 Å². The van der Waals surface area contributed by atoms with E-state index < -0.39 is 21.2 Å². The minimum Gasteiger partial charge on any atom is -0.283 e. The van der Waals surface area contributed by atoms with E-state index in [1.165, 1.54) is 6.92 Å². The van der Waals surface area contributed by atoms with E-state index in [-0.39, 0.29) is 0 Å². The van der Waals surface area contributed by atoms with E-state index in [0.29, 0.717) is 0 Å². The third kappa shape index (κ3) is 5.48. The third-order valence-corrected chi connectivity index (χ3v) is 1.77. The Balaban J connectivity index is 3.98. The molecule has 0 amide bonds. The lowest BCUT2D eigenvalue weighted by Crippen LogP contribution is -2.27. The molecule has 0 bridgehead atoms. The zero-order valence-electron chi connectivity index (χ0n) is 7.57. The fourth-order valence-electron chi connectivity index (χ4n) is 0.262. The molecule has 1 unspecified atom stereocenters. The second-order valence-corrected chi connectivity index (χ2v) is 5.07. The fraction of sp³-hybridized carbons (Fsp3) is 1.00. The maximum atomic E-state index is 10.4. The molecule has 74 valence electrons. The highest BCUT2D eigenvalue weighted by atomic mass is 32.2. The van der Waals surface area contributed by atoms with E-state index in [2.05, 4.69) is 9.78 Å². The zero-order valence-corrected chi connectivity index (χ0v) is 8.38. The van der Waals surface area contributed by atoms with Crippen LogP contribution in [0.2, 0.25) is 0 Å². The minimum absolute atomic E-state index is 0.598. The Morgan fingerprint density at radius 1 is 1.33 bits per heavy atom. The lowest BCUT2D eigenvalue weighted by molar-refractivity contribution is -0.355. The van der Waals surface area contributed by atoms with Crippen molar-refractivity contribution in [2.45, 2.75) is 38.7 Å². The predicted molar refractivity (Wildman–Crippen MR) is 42.9 cm³/mol. The summed E-state index contributed by atoms with van der Waals surface area (Å²) in [6.07, 6.45) is 0. The van der Waals surface area contributed by atoms with Crippen LogP contribution in [-0.4, -0.2) is 24.0 Å². The van der Waals surface area contributed by atoms with Crippen LogP contribution in [0.25, 0.3) is 0 Å². The van der Waals surface area contributed by atoms with E-state index >= 15 is 0 Å². The van der Waals surface area contributed by atoms with Crippen LogP contribution < -0.4 is 0 Å². The predicted octanol–water partition coefficient (Wildman–Crippen LogP) is 0.967. The molecule has 1 N–H and O–H groups in total.